The third-order valence-corrected chi connectivity index (χ3v) is 7.24. The lowest BCUT2D eigenvalue weighted by Crippen LogP contribution is -2.53. The number of carbonyl (C=O) groups excluding carboxylic acids is 1. The molecule has 1 heterocycles. The van der Waals surface area contributed by atoms with Gasteiger partial charge in [-0.1, -0.05) is 43.7 Å². The zero-order chi connectivity index (χ0) is 17.4. The number of rotatable bonds is 2. The standard InChI is InChI=1S/C22H32N2O.ClH/c1-22(19-9-3-2-4-10-19)11-6-12-24(15-22)21(25)18-13-16-7-5-8-17(14-18)20(16)23;/h2-4,9-10,16-18,20H,5-8,11-15,23H2,1H3;1H. The lowest BCUT2D eigenvalue weighted by atomic mass is 9.64. The Kier molecular flexibility index (Phi) is 5.98. The van der Waals surface area contributed by atoms with Gasteiger partial charge in [0, 0.05) is 30.5 Å². The van der Waals surface area contributed by atoms with E-state index in [1.54, 1.807) is 0 Å². The highest BCUT2D eigenvalue weighted by Crippen LogP contribution is 2.43. The second-order valence-electron chi connectivity index (χ2n) is 8.99. The fraction of sp³-hybridized carbons (Fsp3) is 0.682. The van der Waals surface area contributed by atoms with Crippen LogP contribution in [0.2, 0.25) is 0 Å². The minimum atomic E-state index is 0. The molecule has 0 radical (unpaired) electrons. The Hall–Kier alpha value is -1.06. The number of hydrogen-bond donors (Lipinski definition) is 1. The molecule has 26 heavy (non-hydrogen) atoms. The van der Waals surface area contributed by atoms with Gasteiger partial charge in [-0.25, -0.2) is 0 Å². The van der Waals surface area contributed by atoms with E-state index in [1.165, 1.54) is 31.2 Å². The largest absolute Gasteiger partial charge is 0.342 e. The van der Waals surface area contributed by atoms with E-state index >= 15 is 0 Å². The van der Waals surface area contributed by atoms with E-state index in [0.717, 1.165) is 32.4 Å². The van der Waals surface area contributed by atoms with Crippen LogP contribution in [0.4, 0.5) is 0 Å². The monoisotopic (exact) mass is 376 g/mol. The van der Waals surface area contributed by atoms with Crippen LogP contribution < -0.4 is 5.73 Å². The summed E-state index contributed by atoms with van der Waals surface area (Å²) in [5, 5.41) is 0. The van der Waals surface area contributed by atoms with Crippen LogP contribution in [0.25, 0.3) is 0 Å². The molecule has 3 fully saturated rings. The highest BCUT2D eigenvalue weighted by atomic mass is 35.5. The molecule has 2 N–H and O–H groups in total. The Balaban J connectivity index is 0.00000196. The van der Waals surface area contributed by atoms with Crippen molar-refractivity contribution in [2.45, 2.75) is 63.3 Å². The maximum absolute atomic E-state index is 13.3. The lowest BCUT2D eigenvalue weighted by molar-refractivity contribution is -0.140. The zero-order valence-electron chi connectivity index (χ0n) is 15.9. The molecule has 4 heteroatoms. The van der Waals surface area contributed by atoms with Crippen LogP contribution in [0.3, 0.4) is 0 Å². The van der Waals surface area contributed by atoms with E-state index in [4.69, 9.17) is 5.73 Å². The first-order valence-electron chi connectivity index (χ1n) is 10.2. The first-order chi connectivity index (χ1) is 12.1. The fourth-order valence-electron chi connectivity index (χ4n) is 5.75. The first-order valence-corrected chi connectivity index (χ1v) is 10.2. The van der Waals surface area contributed by atoms with Gasteiger partial charge in [-0.15, -0.1) is 12.4 Å². The molecule has 3 atom stereocenters. The minimum Gasteiger partial charge on any atom is -0.342 e. The van der Waals surface area contributed by atoms with Gasteiger partial charge in [0.25, 0.3) is 0 Å². The van der Waals surface area contributed by atoms with Crippen LogP contribution in [0.15, 0.2) is 30.3 Å². The van der Waals surface area contributed by atoms with Crippen molar-refractivity contribution in [2.75, 3.05) is 13.1 Å². The second kappa shape index (κ2) is 7.90. The molecular formula is C22H33ClN2O. The average Bonchev–Trinajstić information content (AvgIpc) is 2.62. The molecule has 0 aromatic heterocycles. The molecule has 3 aliphatic rings. The van der Waals surface area contributed by atoms with Gasteiger partial charge in [-0.2, -0.15) is 0 Å². The summed E-state index contributed by atoms with van der Waals surface area (Å²) in [6.07, 6.45) is 8.08. The average molecular weight is 377 g/mol. The molecule has 1 aromatic carbocycles. The summed E-state index contributed by atoms with van der Waals surface area (Å²) in [5.74, 6) is 1.78. The summed E-state index contributed by atoms with van der Waals surface area (Å²) in [5.41, 5.74) is 7.88. The van der Waals surface area contributed by atoms with Crippen LogP contribution >= 0.6 is 12.4 Å². The summed E-state index contributed by atoms with van der Waals surface area (Å²) in [6.45, 7) is 4.13. The summed E-state index contributed by atoms with van der Waals surface area (Å²) < 4.78 is 0. The van der Waals surface area contributed by atoms with Crippen molar-refractivity contribution in [3.8, 4) is 0 Å². The van der Waals surface area contributed by atoms with Crippen molar-refractivity contribution in [2.24, 2.45) is 23.5 Å². The van der Waals surface area contributed by atoms with Gasteiger partial charge in [0.15, 0.2) is 0 Å². The maximum Gasteiger partial charge on any atom is 0.225 e. The van der Waals surface area contributed by atoms with Crippen molar-refractivity contribution < 1.29 is 4.79 Å². The topological polar surface area (TPSA) is 46.3 Å². The number of hydrogen-bond acceptors (Lipinski definition) is 2. The van der Waals surface area contributed by atoms with Gasteiger partial charge < -0.3 is 10.6 Å². The second-order valence-corrected chi connectivity index (χ2v) is 8.99. The maximum atomic E-state index is 13.3. The van der Waals surface area contributed by atoms with Crippen molar-refractivity contribution in [1.29, 1.82) is 0 Å². The Labute approximate surface area is 164 Å². The van der Waals surface area contributed by atoms with Crippen LogP contribution in [0, 0.1) is 17.8 Å². The summed E-state index contributed by atoms with van der Waals surface area (Å²) in [4.78, 5) is 15.5. The van der Waals surface area contributed by atoms with Gasteiger partial charge >= 0.3 is 0 Å². The van der Waals surface area contributed by atoms with Gasteiger partial charge in [-0.3, -0.25) is 4.79 Å². The predicted molar refractivity (Wildman–Crippen MR) is 108 cm³/mol. The number of nitrogens with two attached hydrogens (primary N) is 1. The van der Waals surface area contributed by atoms with E-state index < -0.39 is 0 Å². The van der Waals surface area contributed by atoms with E-state index in [9.17, 15) is 4.79 Å². The van der Waals surface area contributed by atoms with Crippen molar-refractivity contribution in [3.63, 3.8) is 0 Å². The molecule has 1 aromatic rings. The number of likely N-dealkylation sites (tertiary alicyclic amines) is 1. The number of piperidine rings is 1. The molecule has 1 saturated heterocycles. The van der Waals surface area contributed by atoms with E-state index in [1.807, 2.05) is 0 Å². The summed E-state index contributed by atoms with van der Waals surface area (Å²) >= 11 is 0. The Bertz CT molecular complexity index is 608. The highest BCUT2D eigenvalue weighted by Gasteiger charge is 2.43. The van der Waals surface area contributed by atoms with Crippen molar-refractivity contribution in [3.05, 3.63) is 35.9 Å². The highest BCUT2D eigenvalue weighted by molar-refractivity contribution is 5.85. The first kappa shape index (κ1) is 19.7. The van der Waals surface area contributed by atoms with Crippen molar-refractivity contribution in [1.82, 2.24) is 4.90 Å². The Morgan fingerprint density at radius 1 is 1.12 bits per heavy atom. The third-order valence-electron chi connectivity index (χ3n) is 7.24. The number of nitrogens with zero attached hydrogens (tertiary/aromatic N) is 1. The van der Waals surface area contributed by atoms with Crippen LogP contribution in [0.1, 0.15) is 57.4 Å². The molecule has 1 amide bonds. The summed E-state index contributed by atoms with van der Waals surface area (Å²) in [7, 11) is 0. The molecule has 2 bridgehead atoms. The number of carbonyl (C=O) groups is 1. The fourth-order valence-corrected chi connectivity index (χ4v) is 5.75. The molecule has 3 nitrogen and oxygen atoms in total. The minimum absolute atomic E-state index is 0. The van der Waals surface area contributed by atoms with Crippen LogP contribution in [-0.2, 0) is 10.2 Å². The smallest absolute Gasteiger partial charge is 0.225 e. The number of amides is 1. The normalized spacial score (nSPS) is 36.9. The summed E-state index contributed by atoms with van der Waals surface area (Å²) in [6, 6.07) is 11.1. The molecular weight excluding hydrogens is 344 g/mol. The molecule has 4 rings (SSSR count). The number of fused-ring (bicyclic) bond motifs is 2. The SMILES string of the molecule is CC1(c2ccccc2)CCCN(C(=O)C2CC3CCCC(C2)C3N)C1.Cl. The quantitative estimate of drug-likeness (QED) is 0.843. The molecule has 0 spiro atoms. The number of benzene rings is 1. The molecule has 1 aliphatic heterocycles. The third kappa shape index (κ3) is 3.66. The number of halogens is 1. The van der Waals surface area contributed by atoms with Crippen molar-refractivity contribution >= 4 is 18.3 Å². The molecule has 3 unspecified atom stereocenters. The van der Waals surface area contributed by atoms with E-state index in [0.29, 0.717) is 23.8 Å². The van der Waals surface area contributed by atoms with Crippen LogP contribution in [-0.4, -0.2) is 29.9 Å². The Morgan fingerprint density at radius 2 is 1.77 bits per heavy atom. The van der Waals surface area contributed by atoms with E-state index in [2.05, 4.69) is 42.2 Å². The van der Waals surface area contributed by atoms with Gasteiger partial charge in [0.05, 0.1) is 0 Å². The zero-order valence-corrected chi connectivity index (χ0v) is 16.7. The van der Waals surface area contributed by atoms with E-state index in [-0.39, 0.29) is 23.7 Å². The van der Waals surface area contributed by atoms with Gasteiger partial charge in [0.1, 0.15) is 0 Å². The molecule has 2 saturated carbocycles. The Morgan fingerprint density at radius 3 is 2.42 bits per heavy atom. The van der Waals surface area contributed by atoms with Gasteiger partial charge in [0.2, 0.25) is 5.91 Å². The molecule has 2 aliphatic carbocycles. The predicted octanol–water partition coefficient (Wildman–Crippen LogP) is 4.14. The molecule has 144 valence electrons. The van der Waals surface area contributed by atoms with Gasteiger partial charge in [-0.05, 0) is 55.9 Å². The lowest BCUT2D eigenvalue weighted by Gasteiger charge is -2.46. The van der Waals surface area contributed by atoms with Crippen LogP contribution in [0.5, 0.6) is 0 Å².